The van der Waals surface area contributed by atoms with Gasteiger partial charge in [-0.3, -0.25) is 0 Å². The number of halogens is 1. The van der Waals surface area contributed by atoms with E-state index in [0.717, 1.165) is 35.2 Å². The summed E-state index contributed by atoms with van der Waals surface area (Å²) in [6.07, 6.45) is 8.62. The van der Waals surface area contributed by atoms with Gasteiger partial charge >= 0.3 is 0 Å². The van der Waals surface area contributed by atoms with Crippen LogP contribution in [0.3, 0.4) is 0 Å². The molecule has 4 nitrogen and oxygen atoms in total. The Morgan fingerprint density at radius 2 is 2.00 bits per heavy atom. The van der Waals surface area contributed by atoms with Gasteiger partial charge in [0, 0.05) is 25.1 Å². The summed E-state index contributed by atoms with van der Waals surface area (Å²) in [6, 6.07) is 1.82. The maximum absolute atomic E-state index is 4.46. The quantitative estimate of drug-likeness (QED) is 0.918. The van der Waals surface area contributed by atoms with Gasteiger partial charge in [0.05, 0.1) is 4.88 Å². The Bertz CT molecular complexity index is 538. The molecule has 0 aromatic carbocycles. The van der Waals surface area contributed by atoms with E-state index in [1.54, 1.807) is 23.7 Å². The highest BCUT2D eigenvalue weighted by Crippen LogP contribution is 2.29. The molecule has 0 unspecified atom stereocenters. The third-order valence-electron chi connectivity index (χ3n) is 2.63. The zero-order chi connectivity index (χ0) is 11.5. The lowest BCUT2D eigenvalue weighted by Gasteiger charge is -2.10. The SMILES string of the molecule is C1=C(c2ncc(-c3ncccn3)s2)CCNC1.Cl. The third kappa shape index (κ3) is 2.75. The lowest BCUT2D eigenvalue weighted by Crippen LogP contribution is -2.19. The molecule has 0 bridgehead atoms. The van der Waals surface area contributed by atoms with Crippen LogP contribution in [-0.2, 0) is 0 Å². The molecule has 3 heterocycles. The highest BCUT2D eigenvalue weighted by Gasteiger charge is 2.11. The van der Waals surface area contributed by atoms with Crippen LogP contribution in [0.15, 0.2) is 30.7 Å². The van der Waals surface area contributed by atoms with Crippen LogP contribution in [-0.4, -0.2) is 28.0 Å². The first-order valence-corrected chi connectivity index (χ1v) is 6.38. The van der Waals surface area contributed by atoms with E-state index in [1.807, 2.05) is 12.3 Å². The van der Waals surface area contributed by atoms with Crippen molar-refractivity contribution in [3.63, 3.8) is 0 Å². The fraction of sp³-hybridized carbons (Fsp3) is 0.250. The summed E-state index contributed by atoms with van der Waals surface area (Å²) in [6.45, 7) is 1.97. The first-order chi connectivity index (χ1) is 8.43. The minimum Gasteiger partial charge on any atom is -0.313 e. The van der Waals surface area contributed by atoms with Crippen LogP contribution in [0, 0.1) is 0 Å². The number of aromatic nitrogens is 3. The Morgan fingerprint density at radius 3 is 2.72 bits per heavy atom. The maximum atomic E-state index is 4.46. The van der Waals surface area contributed by atoms with Gasteiger partial charge in [0.2, 0.25) is 0 Å². The van der Waals surface area contributed by atoms with Gasteiger partial charge in [-0.2, -0.15) is 0 Å². The average Bonchev–Trinajstić information content (AvgIpc) is 2.90. The molecular formula is C12H13ClN4S. The van der Waals surface area contributed by atoms with E-state index in [-0.39, 0.29) is 12.4 Å². The first kappa shape index (κ1) is 13.1. The summed E-state index contributed by atoms with van der Waals surface area (Å²) >= 11 is 1.66. The van der Waals surface area contributed by atoms with E-state index >= 15 is 0 Å². The van der Waals surface area contributed by atoms with Crippen molar-refractivity contribution in [2.75, 3.05) is 13.1 Å². The van der Waals surface area contributed by atoms with Crippen molar-refractivity contribution in [3.05, 3.63) is 35.7 Å². The minimum absolute atomic E-state index is 0. The number of hydrogen-bond acceptors (Lipinski definition) is 5. The van der Waals surface area contributed by atoms with Gasteiger partial charge in [-0.05, 0) is 24.6 Å². The van der Waals surface area contributed by atoms with E-state index in [2.05, 4.69) is 26.3 Å². The van der Waals surface area contributed by atoms with E-state index in [9.17, 15) is 0 Å². The van der Waals surface area contributed by atoms with Gasteiger partial charge in [0.1, 0.15) is 5.01 Å². The summed E-state index contributed by atoms with van der Waals surface area (Å²) in [5.41, 5.74) is 1.33. The molecule has 3 rings (SSSR count). The summed E-state index contributed by atoms with van der Waals surface area (Å²) in [4.78, 5) is 14.0. The molecule has 18 heavy (non-hydrogen) atoms. The lowest BCUT2D eigenvalue weighted by molar-refractivity contribution is 0.738. The van der Waals surface area contributed by atoms with Crippen molar-refractivity contribution < 1.29 is 0 Å². The lowest BCUT2D eigenvalue weighted by atomic mass is 10.1. The molecule has 6 heteroatoms. The maximum Gasteiger partial charge on any atom is 0.171 e. The van der Waals surface area contributed by atoms with Crippen LogP contribution in [0.5, 0.6) is 0 Å². The molecule has 0 fully saturated rings. The van der Waals surface area contributed by atoms with Gasteiger partial charge in [-0.15, -0.1) is 23.7 Å². The van der Waals surface area contributed by atoms with Crippen molar-refractivity contribution in [1.82, 2.24) is 20.3 Å². The predicted molar refractivity (Wildman–Crippen MR) is 75.9 cm³/mol. The second-order valence-electron chi connectivity index (χ2n) is 3.79. The topological polar surface area (TPSA) is 50.7 Å². The molecule has 0 radical (unpaired) electrons. The average molecular weight is 281 g/mol. The fourth-order valence-electron chi connectivity index (χ4n) is 1.77. The van der Waals surface area contributed by atoms with E-state index in [4.69, 9.17) is 0 Å². The van der Waals surface area contributed by atoms with Crippen LogP contribution in [0.25, 0.3) is 16.3 Å². The van der Waals surface area contributed by atoms with Gasteiger partial charge in [-0.25, -0.2) is 15.0 Å². The second-order valence-corrected chi connectivity index (χ2v) is 4.82. The van der Waals surface area contributed by atoms with E-state index < -0.39 is 0 Å². The van der Waals surface area contributed by atoms with Crippen LogP contribution < -0.4 is 5.32 Å². The number of thiazole rings is 1. The number of nitrogens with one attached hydrogen (secondary N) is 1. The molecule has 1 aliphatic rings. The van der Waals surface area contributed by atoms with Crippen LogP contribution in [0.4, 0.5) is 0 Å². The molecule has 0 saturated carbocycles. The van der Waals surface area contributed by atoms with Gasteiger partial charge in [0.15, 0.2) is 5.82 Å². The van der Waals surface area contributed by atoms with Crippen molar-refractivity contribution in [3.8, 4) is 10.7 Å². The van der Waals surface area contributed by atoms with E-state index in [0.29, 0.717) is 0 Å². The molecule has 0 atom stereocenters. The predicted octanol–water partition coefficient (Wildman–Crippen LogP) is 2.40. The highest BCUT2D eigenvalue weighted by atomic mass is 35.5. The molecule has 0 saturated heterocycles. The van der Waals surface area contributed by atoms with Crippen LogP contribution >= 0.6 is 23.7 Å². The largest absolute Gasteiger partial charge is 0.313 e. The van der Waals surface area contributed by atoms with Gasteiger partial charge in [-0.1, -0.05) is 6.08 Å². The molecule has 0 amide bonds. The molecule has 94 valence electrons. The van der Waals surface area contributed by atoms with Crippen molar-refractivity contribution in [2.45, 2.75) is 6.42 Å². The summed E-state index contributed by atoms with van der Waals surface area (Å²) in [7, 11) is 0. The Morgan fingerprint density at radius 1 is 1.17 bits per heavy atom. The van der Waals surface area contributed by atoms with Gasteiger partial charge in [0.25, 0.3) is 0 Å². The van der Waals surface area contributed by atoms with Crippen molar-refractivity contribution in [2.24, 2.45) is 0 Å². The van der Waals surface area contributed by atoms with E-state index in [1.165, 1.54) is 5.57 Å². The Hall–Kier alpha value is -1.30. The highest BCUT2D eigenvalue weighted by molar-refractivity contribution is 7.16. The Kier molecular flexibility index (Phi) is 4.41. The second kappa shape index (κ2) is 6.04. The molecule has 1 N–H and O–H groups in total. The summed E-state index contributed by atoms with van der Waals surface area (Å²) < 4.78 is 0. The fourth-order valence-corrected chi connectivity index (χ4v) is 2.70. The Balaban J connectivity index is 0.00000120. The molecule has 2 aromatic heterocycles. The Labute approximate surface area is 116 Å². The number of hydrogen-bond donors (Lipinski definition) is 1. The standard InChI is InChI=1S/C12H12N4S.ClH/c1-4-14-11(15-5-1)10-8-16-12(17-10)9-2-6-13-7-3-9;/h1-2,4-5,8,13H,3,6-7H2;1H. The minimum atomic E-state index is 0. The zero-order valence-electron chi connectivity index (χ0n) is 9.67. The molecule has 0 aliphatic carbocycles. The zero-order valence-corrected chi connectivity index (χ0v) is 11.3. The van der Waals surface area contributed by atoms with Crippen molar-refractivity contribution >= 4 is 29.3 Å². The molecule has 2 aromatic rings. The molecular weight excluding hydrogens is 268 g/mol. The first-order valence-electron chi connectivity index (χ1n) is 5.57. The summed E-state index contributed by atoms with van der Waals surface area (Å²) in [5.74, 6) is 0.755. The molecule has 1 aliphatic heterocycles. The molecule has 0 spiro atoms. The third-order valence-corrected chi connectivity index (χ3v) is 3.70. The van der Waals surface area contributed by atoms with Crippen molar-refractivity contribution in [1.29, 1.82) is 0 Å². The number of nitrogens with zero attached hydrogens (tertiary/aromatic N) is 3. The monoisotopic (exact) mass is 280 g/mol. The normalized spacial score (nSPS) is 14.8. The van der Waals surface area contributed by atoms with Crippen LogP contribution in [0.1, 0.15) is 11.4 Å². The van der Waals surface area contributed by atoms with Crippen LogP contribution in [0.2, 0.25) is 0 Å². The smallest absolute Gasteiger partial charge is 0.171 e. The number of rotatable bonds is 2. The van der Waals surface area contributed by atoms with Gasteiger partial charge < -0.3 is 5.32 Å². The summed E-state index contributed by atoms with van der Waals surface area (Å²) in [5, 5.41) is 4.39.